The van der Waals surface area contributed by atoms with Crippen LogP contribution in [0.1, 0.15) is 31.1 Å². The lowest BCUT2D eigenvalue weighted by Crippen LogP contribution is -2.08. The molecule has 4 N–H and O–H groups in total. The molecule has 2 aromatic heterocycles. The zero-order valence-electron chi connectivity index (χ0n) is 17.9. The van der Waals surface area contributed by atoms with Gasteiger partial charge in [-0.2, -0.15) is 5.10 Å². The molecule has 0 radical (unpaired) electrons. The maximum Gasteiger partial charge on any atom is 0.166 e. The van der Waals surface area contributed by atoms with Crippen molar-refractivity contribution in [2.45, 2.75) is 26.4 Å². The van der Waals surface area contributed by atoms with E-state index in [0.29, 0.717) is 24.3 Å². The van der Waals surface area contributed by atoms with Gasteiger partial charge in [-0.05, 0) is 56.0 Å². The fraction of sp³-hybridized carbons (Fsp3) is 0.261. The first kappa shape index (κ1) is 22.0. The van der Waals surface area contributed by atoms with Crippen molar-refractivity contribution in [2.75, 3.05) is 12.3 Å². The predicted molar refractivity (Wildman–Crippen MR) is 121 cm³/mol. The molecule has 0 spiro atoms. The van der Waals surface area contributed by atoms with Crippen LogP contribution in [0.25, 0.3) is 11.3 Å². The lowest BCUT2D eigenvalue weighted by Gasteiger charge is -2.19. The molecule has 3 rings (SSSR count). The van der Waals surface area contributed by atoms with Gasteiger partial charge in [0.1, 0.15) is 11.9 Å². The number of nitrogen functional groups attached to an aromatic ring is 1. The van der Waals surface area contributed by atoms with Gasteiger partial charge in [0.05, 0.1) is 5.69 Å². The number of benzene rings is 1. The second kappa shape index (κ2) is 9.88. The van der Waals surface area contributed by atoms with Crippen LogP contribution in [-0.4, -0.2) is 27.5 Å². The molecular formula is C23H27FN6O. The zero-order valence-corrected chi connectivity index (χ0v) is 17.9. The highest BCUT2D eigenvalue weighted by Crippen LogP contribution is 2.34. The Morgan fingerprint density at radius 2 is 2.16 bits per heavy atom. The molecule has 3 aromatic rings. The number of ether oxygens (including phenoxy) is 1. The SMILES string of the molecule is CCN=C/C(=C\N)Cc1cn(C)nc1-c1ccc(F)cc1[C@@H](C)Oc1cccnc1N. The number of hydrogen-bond acceptors (Lipinski definition) is 6. The number of allylic oxidation sites excluding steroid dienone is 1. The van der Waals surface area contributed by atoms with Gasteiger partial charge in [-0.1, -0.05) is 0 Å². The summed E-state index contributed by atoms with van der Waals surface area (Å²) < 4.78 is 21.9. The molecule has 31 heavy (non-hydrogen) atoms. The topological polar surface area (TPSA) is 104 Å². The van der Waals surface area contributed by atoms with E-state index in [1.165, 1.54) is 12.1 Å². The largest absolute Gasteiger partial charge is 0.482 e. The van der Waals surface area contributed by atoms with E-state index in [0.717, 1.165) is 22.4 Å². The molecule has 0 saturated heterocycles. The van der Waals surface area contributed by atoms with Gasteiger partial charge in [-0.3, -0.25) is 9.67 Å². The molecule has 0 aliphatic heterocycles. The van der Waals surface area contributed by atoms with Crippen LogP contribution >= 0.6 is 0 Å². The number of hydrogen-bond donors (Lipinski definition) is 2. The Kier molecular flexibility index (Phi) is 7.02. The molecule has 0 aliphatic rings. The number of aliphatic imine (C=N–C) groups is 1. The van der Waals surface area contributed by atoms with E-state index < -0.39 is 6.10 Å². The first-order valence-corrected chi connectivity index (χ1v) is 10.0. The average molecular weight is 423 g/mol. The van der Waals surface area contributed by atoms with E-state index in [9.17, 15) is 4.39 Å². The molecule has 0 amide bonds. The summed E-state index contributed by atoms with van der Waals surface area (Å²) in [5.74, 6) is 0.359. The number of pyridine rings is 1. The summed E-state index contributed by atoms with van der Waals surface area (Å²) in [6.07, 6.45) is 6.88. The molecule has 1 aromatic carbocycles. The molecule has 0 fully saturated rings. The first-order chi connectivity index (χ1) is 14.9. The minimum Gasteiger partial charge on any atom is -0.482 e. The lowest BCUT2D eigenvalue weighted by atomic mass is 9.96. The van der Waals surface area contributed by atoms with Gasteiger partial charge in [-0.25, -0.2) is 9.37 Å². The van der Waals surface area contributed by atoms with E-state index in [2.05, 4.69) is 15.1 Å². The Balaban J connectivity index is 2.01. The molecule has 0 aliphatic carbocycles. The third-order valence-corrected chi connectivity index (χ3v) is 4.76. The minimum absolute atomic E-state index is 0.277. The van der Waals surface area contributed by atoms with Crippen molar-refractivity contribution < 1.29 is 9.13 Å². The highest BCUT2D eigenvalue weighted by Gasteiger charge is 2.20. The molecule has 1 atom stereocenters. The van der Waals surface area contributed by atoms with Crippen LogP contribution in [0, 0.1) is 5.82 Å². The first-order valence-electron chi connectivity index (χ1n) is 10.0. The fourth-order valence-corrected chi connectivity index (χ4v) is 3.31. The Hall–Kier alpha value is -3.68. The van der Waals surface area contributed by atoms with Gasteiger partial charge in [0.2, 0.25) is 0 Å². The summed E-state index contributed by atoms with van der Waals surface area (Å²) in [5.41, 5.74) is 15.7. The number of rotatable bonds is 8. The van der Waals surface area contributed by atoms with Gasteiger partial charge in [-0.15, -0.1) is 0 Å². The third kappa shape index (κ3) is 5.28. The Morgan fingerprint density at radius 1 is 1.35 bits per heavy atom. The van der Waals surface area contributed by atoms with Crippen LogP contribution in [0.4, 0.5) is 10.2 Å². The van der Waals surface area contributed by atoms with Crippen molar-refractivity contribution in [1.29, 1.82) is 0 Å². The fourth-order valence-electron chi connectivity index (χ4n) is 3.31. The van der Waals surface area contributed by atoms with Crippen LogP contribution < -0.4 is 16.2 Å². The van der Waals surface area contributed by atoms with Crippen LogP contribution in [0.15, 0.2) is 59.5 Å². The number of nitrogens with two attached hydrogens (primary N) is 2. The van der Waals surface area contributed by atoms with E-state index in [1.54, 1.807) is 41.5 Å². The Bertz CT molecular complexity index is 1110. The van der Waals surface area contributed by atoms with Crippen molar-refractivity contribution in [1.82, 2.24) is 14.8 Å². The number of aromatic nitrogens is 3. The maximum absolute atomic E-state index is 14.2. The summed E-state index contributed by atoms with van der Waals surface area (Å²) in [6, 6.07) is 8.06. The van der Waals surface area contributed by atoms with Crippen molar-refractivity contribution in [3.63, 3.8) is 0 Å². The van der Waals surface area contributed by atoms with Crippen LogP contribution in [-0.2, 0) is 13.5 Å². The second-order valence-corrected chi connectivity index (χ2v) is 7.10. The van der Waals surface area contributed by atoms with Crippen molar-refractivity contribution >= 4 is 12.0 Å². The quantitative estimate of drug-likeness (QED) is 0.537. The highest BCUT2D eigenvalue weighted by molar-refractivity contribution is 5.80. The standard InChI is InChI=1S/C23H27FN6O/c1-4-27-13-16(12-25)10-17-14-30(3)29-22(17)19-8-7-18(24)11-20(19)15(2)31-21-6-5-9-28-23(21)26/h5-9,11-15H,4,10,25H2,1-3H3,(H2,26,28)/b16-12-,27-13?/t15-/m1/s1. The van der Waals surface area contributed by atoms with Gasteiger partial charge in [0.25, 0.3) is 0 Å². The number of nitrogens with zero attached hydrogens (tertiary/aromatic N) is 4. The lowest BCUT2D eigenvalue weighted by molar-refractivity contribution is 0.227. The average Bonchev–Trinajstić information content (AvgIpc) is 3.12. The second-order valence-electron chi connectivity index (χ2n) is 7.10. The highest BCUT2D eigenvalue weighted by atomic mass is 19.1. The Labute approximate surface area is 181 Å². The summed E-state index contributed by atoms with van der Waals surface area (Å²) in [7, 11) is 1.85. The van der Waals surface area contributed by atoms with Crippen molar-refractivity contribution in [3.8, 4) is 17.0 Å². The van der Waals surface area contributed by atoms with Gasteiger partial charge in [0.15, 0.2) is 11.6 Å². The molecule has 162 valence electrons. The van der Waals surface area contributed by atoms with E-state index >= 15 is 0 Å². The number of aryl methyl sites for hydroxylation is 1. The van der Waals surface area contributed by atoms with Crippen molar-refractivity contribution in [3.05, 3.63) is 71.4 Å². The van der Waals surface area contributed by atoms with Crippen molar-refractivity contribution in [2.24, 2.45) is 17.8 Å². The van der Waals surface area contributed by atoms with Crippen LogP contribution in [0.2, 0.25) is 0 Å². The Morgan fingerprint density at radius 3 is 2.87 bits per heavy atom. The summed E-state index contributed by atoms with van der Waals surface area (Å²) in [4.78, 5) is 8.31. The third-order valence-electron chi connectivity index (χ3n) is 4.76. The summed E-state index contributed by atoms with van der Waals surface area (Å²) in [6.45, 7) is 4.47. The number of anilines is 1. The summed E-state index contributed by atoms with van der Waals surface area (Å²) in [5, 5.41) is 4.63. The van der Waals surface area contributed by atoms with E-state index in [-0.39, 0.29) is 11.6 Å². The van der Waals surface area contributed by atoms with E-state index in [1.807, 2.05) is 27.1 Å². The molecule has 0 bridgehead atoms. The minimum atomic E-state index is -0.488. The number of halogens is 1. The van der Waals surface area contributed by atoms with Crippen LogP contribution in [0.3, 0.4) is 0 Å². The molecule has 8 heteroatoms. The van der Waals surface area contributed by atoms with Gasteiger partial charge >= 0.3 is 0 Å². The van der Waals surface area contributed by atoms with Crippen LogP contribution in [0.5, 0.6) is 5.75 Å². The van der Waals surface area contributed by atoms with Gasteiger partial charge in [0, 0.05) is 55.3 Å². The van der Waals surface area contributed by atoms with Gasteiger partial charge < -0.3 is 16.2 Å². The molecule has 0 unspecified atom stereocenters. The maximum atomic E-state index is 14.2. The normalized spacial score (nSPS) is 13.0. The molecule has 2 heterocycles. The smallest absolute Gasteiger partial charge is 0.166 e. The van der Waals surface area contributed by atoms with E-state index in [4.69, 9.17) is 16.2 Å². The monoisotopic (exact) mass is 422 g/mol. The zero-order chi connectivity index (χ0) is 22.4. The summed E-state index contributed by atoms with van der Waals surface area (Å²) >= 11 is 0. The molecular weight excluding hydrogens is 395 g/mol. The molecule has 7 nitrogen and oxygen atoms in total. The predicted octanol–water partition coefficient (Wildman–Crippen LogP) is 3.82. The molecule has 0 saturated carbocycles.